The Kier molecular flexibility index (Phi) is 6.56. The number of allylic oxidation sites excluding steroid dienone is 2. The van der Waals surface area contributed by atoms with Gasteiger partial charge in [-0.2, -0.15) is 0 Å². The molecule has 0 aliphatic heterocycles. The normalized spacial score (nSPS) is 27.6. The molecule has 0 aromatic heterocycles. The molecule has 0 saturated heterocycles. The third-order valence-corrected chi connectivity index (χ3v) is 8.58. The minimum atomic E-state index is -2.67. The summed E-state index contributed by atoms with van der Waals surface area (Å²) in [6, 6.07) is 0.623. The van der Waals surface area contributed by atoms with Gasteiger partial charge in [0.2, 0.25) is 5.78 Å². The number of fused-ring (bicyclic) bond motifs is 3. The number of amides is 1. The fourth-order valence-electron chi connectivity index (χ4n) is 6.72. The second kappa shape index (κ2) is 9.54. The molecule has 0 spiro atoms. The lowest BCUT2D eigenvalue weighted by atomic mass is 9.57. The Bertz CT molecular complexity index is 1520. The predicted molar refractivity (Wildman–Crippen MR) is 147 cm³/mol. The first-order chi connectivity index (χ1) is 18.8. The molecule has 10 nitrogen and oxygen atoms in total. The molecule has 1 fully saturated rings. The number of aliphatic hydroxyl groups is 3. The van der Waals surface area contributed by atoms with E-state index >= 15 is 0 Å². The van der Waals surface area contributed by atoms with Crippen molar-refractivity contribution in [2.24, 2.45) is 17.6 Å². The number of rotatable bonds is 3. The predicted octanol–water partition coefficient (Wildman–Crippen LogP) is 1.49. The zero-order valence-electron chi connectivity index (χ0n) is 22.9. The van der Waals surface area contributed by atoms with Crippen molar-refractivity contribution in [3.63, 3.8) is 0 Å². The molecule has 6 N–H and O–H groups in total. The van der Waals surface area contributed by atoms with E-state index in [9.17, 15) is 34.8 Å². The number of aromatic hydroxyl groups is 1. The van der Waals surface area contributed by atoms with Crippen LogP contribution in [0.1, 0.15) is 42.4 Å². The van der Waals surface area contributed by atoms with Crippen LogP contribution in [0.15, 0.2) is 34.6 Å². The quantitative estimate of drug-likeness (QED) is 0.279. The highest BCUT2D eigenvalue weighted by atomic mass is 16.3. The van der Waals surface area contributed by atoms with Crippen LogP contribution >= 0.6 is 0 Å². The number of likely N-dealkylation sites (N-methyl/N-ethyl adjacent to an activating group) is 1. The number of nitrogens with zero attached hydrogens (tertiary/aromatic N) is 2. The van der Waals surface area contributed by atoms with E-state index in [4.69, 9.17) is 5.73 Å². The Morgan fingerprint density at radius 1 is 1.12 bits per heavy atom. The molecular weight excluding hydrogens is 514 g/mol. The van der Waals surface area contributed by atoms with E-state index in [1.165, 1.54) is 4.90 Å². The number of anilines is 1. The average molecular weight is 548 g/mol. The van der Waals surface area contributed by atoms with E-state index in [1.54, 1.807) is 20.2 Å². The first kappa shape index (κ1) is 27.5. The lowest BCUT2D eigenvalue weighted by Crippen LogP contribution is -2.65. The monoisotopic (exact) mass is 547 g/mol. The molecule has 4 aliphatic carbocycles. The number of phenols is 1. The zero-order valence-corrected chi connectivity index (χ0v) is 22.9. The molecule has 1 amide bonds. The van der Waals surface area contributed by atoms with E-state index in [2.05, 4.69) is 11.8 Å². The lowest BCUT2D eigenvalue weighted by molar-refractivity contribution is -0.153. The maximum absolute atomic E-state index is 14.0. The molecule has 40 heavy (non-hydrogen) atoms. The Morgan fingerprint density at radius 2 is 1.82 bits per heavy atom. The number of hydrogen-bond acceptors (Lipinski definition) is 9. The van der Waals surface area contributed by atoms with Crippen molar-refractivity contribution >= 4 is 28.9 Å². The Hall–Kier alpha value is -4.07. The number of nitrogens with two attached hydrogens (primary N) is 1. The van der Waals surface area contributed by atoms with Crippen molar-refractivity contribution in [3.8, 4) is 17.6 Å². The van der Waals surface area contributed by atoms with E-state index in [-0.39, 0.29) is 35.3 Å². The highest BCUT2D eigenvalue weighted by Crippen LogP contribution is 2.54. The average Bonchev–Trinajstić information content (AvgIpc) is 3.39. The van der Waals surface area contributed by atoms with Crippen molar-refractivity contribution < 1.29 is 34.8 Å². The minimum absolute atomic E-state index is 0.0344. The van der Waals surface area contributed by atoms with Crippen LogP contribution in [0.2, 0.25) is 0 Å². The molecule has 4 atom stereocenters. The smallest absolute Gasteiger partial charge is 0.255 e. The van der Waals surface area contributed by atoms with Gasteiger partial charge in [0, 0.05) is 31.3 Å². The van der Waals surface area contributed by atoms with Crippen molar-refractivity contribution in [2.75, 3.05) is 33.1 Å². The first-order valence-electron chi connectivity index (χ1n) is 13.2. The summed E-state index contributed by atoms with van der Waals surface area (Å²) < 4.78 is 0. The summed E-state index contributed by atoms with van der Waals surface area (Å²) >= 11 is 0. The van der Waals surface area contributed by atoms with Crippen LogP contribution in [0.3, 0.4) is 0 Å². The van der Waals surface area contributed by atoms with E-state index in [1.807, 2.05) is 25.1 Å². The van der Waals surface area contributed by atoms with Crippen LogP contribution in [0, 0.1) is 23.7 Å². The van der Waals surface area contributed by atoms with Crippen LogP contribution < -0.4 is 10.6 Å². The first-order valence-corrected chi connectivity index (χ1v) is 13.2. The number of phenolic OH excluding ortho intramolecular Hbond substituents is 1. The number of carbonyl (C=O) groups excluding carboxylic acids is 3. The number of aliphatic hydroxyl groups excluding tert-OH is 2. The largest absolute Gasteiger partial charge is 0.508 e. The Labute approximate surface area is 232 Å². The van der Waals surface area contributed by atoms with Gasteiger partial charge in [0.05, 0.1) is 17.2 Å². The van der Waals surface area contributed by atoms with Gasteiger partial charge in [-0.25, -0.2) is 0 Å². The summed E-state index contributed by atoms with van der Waals surface area (Å²) in [5.74, 6) is -0.678. The van der Waals surface area contributed by atoms with Crippen LogP contribution in [0.5, 0.6) is 5.75 Å². The lowest BCUT2D eigenvalue weighted by Gasteiger charge is -2.50. The minimum Gasteiger partial charge on any atom is -0.508 e. The summed E-state index contributed by atoms with van der Waals surface area (Å²) in [5.41, 5.74) is 4.26. The zero-order chi connectivity index (χ0) is 29.3. The van der Waals surface area contributed by atoms with Gasteiger partial charge in [-0.05, 0) is 69.3 Å². The maximum atomic E-state index is 14.0. The molecule has 0 heterocycles. The van der Waals surface area contributed by atoms with Crippen molar-refractivity contribution in [1.29, 1.82) is 0 Å². The van der Waals surface area contributed by atoms with Crippen LogP contribution in [0.4, 0.5) is 5.69 Å². The molecule has 210 valence electrons. The summed E-state index contributed by atoms with van der Waals surface area (Å²) in [6.45, 7) is 0. The SMILES string of the molecule is CN(C)c1cc(C#CC2=CCCC2)c(O)c2c1C[C@H]1C[C@H]3[C@H](N(C)C)C(=O)C(C(N)=O)=C(O)[C@@]3(O)C(=O)C1=C2O. The highest BCUT2D eigenvalue weighted by molar-refractivity contribution is 6.24. The summed E-state index contributed by atoms with van der Waals surface area (Å²) in [5, 5.41) is 45.6. The second-order valence-electron chi connectivity index (χ2n) is 11.4. The maximum Gasteiger partial charge on any atom is 0.255 e. The number of ketones is 2. The Balaban J connectivity index is 1.73. The van der Waals surface area contributed by atoms with E-state index in [0.29, 0.717) is 11.3 Å². The van der Waals surface area contributed by atoms with Gasteiger partial charge in [-0.3, -0.25) is 19.3 Å². The molecule has 4 aliphatic rings. The molecule has 0 radical (unpaired) electrons. The molecule has 1 saturated carbocycles. The van der Waals surface area contributed by atoms with Crippen molar-refractivity contribution in [2.45, 2.75) is 43.7 Å². The second-order valence-corrected chi connectivity index (χ2v) is 11.4. The van der Waals surface area contributed by atoms with Crippen LogP contribution in [-0.2, 0) is 20.8 Å². The van der Waals surface area contributed by atoms with Gasteiger partial charge in [-0.1, -0.05) is 17.9 Å². The molecule has 10 heteroatoms. The summed E-state index contributed by atoms with van der Waals surface area (Å²) in [6.07, 6.45) is 5.12. The van der Waals surface area contributed by atoms with Gasteiger partial charge >= 0.3 is 0 Å². The molecular formula is C30H33N3O7. The molecule has 1 aromatic rings. The van der Waals surface area contributed by atoms with E-state index in [0.717, 1.165) is 24.8 Å². The molecule has 1 aromatic carbocycles. The third-order valence-electron chi connectivity index (χ3n) is 8.58. The van der Waals surface area contributed by atoms with E-state index < -0.39 is 58.0 Å². The van der Waals surface area contributed by atoms with Gasteiger partial charge in [0.25, 0.3) is 5.91 Å². The third kappa shape index (κ3) is 3.84. The molecule has 0 unspecified atom stereocenters. The fourth-order valence-corrected chi connectivity index (χ4v) is 6.72. The van der Waals surface area contributed by atoms with Crippen molar-refractivity contribution in [3.05, 3.63) is 51.3 Å². The van der Waals surface area contributed by atoms with Gasteiger partial charge < -0.3 is 31.1 Å². The highest BCUT2D eigenvalue weighted by Gasteiger charge is 2.64. The summed E-state index contributed by atoms with van der Waals surface area (Å²) in [4.78, 5) is 42.7. The molecule has 5 rings (SSSR count). The topological polar surface area (TPSA) is 165 Å². The molecule has 0 bridgehead atoms. The van der Waals surface area contributed by atoms with Crippen molar-refractivity contribution in [1.82, 2.24) is 4.90 Å². The number of primary amides is 1. The van der Waals surface area contributed by atoms with Crippen LogP contribution in [-0.4, -0.2) is 82.6 Å². The van der Waals surface area contributed by atoms with Gasteiger partial charge in [0.15, 0.2) is 11.4 Å². The van der Waals surface area contributed by atoms with Gasteiger partial charge in [0.1, 0.15) is 22.8 Å². The summed E-state index contributed by atoms with van der Waals surface area (Å²) in [7, 11) is 6.78. The number of Topliss-reactive ketones (excluding diaryl/α,β-unsaturated/α-hetero) is 2. The van der Waals surface area contributed by atoms with Crippen LogP contribution in [0.25, 0.3) is 5.76 Å². The fraction of sp³-hybridized carbons (Fsp3) is 0.433. The number of hydrogen-bond donors (Lipinski definition) is 5. The number of benzene rings is 1. The number of carbonyl (C=O) groups is 3. The standard InChI is InChI=1S/C30H33N3O7/c1-32(2)19-13-15(10-9-14-7-5-6-8-14)24(34)21-17(19)11-16-12-18-23(33(3)4)26(36)22(29(31)39)28(38)30(18,40)27(37)20(16)25(21)35/h7,13,16,18,23,34-35,38,40H,5-6,8,11-12H2,1-4H3,(H2,31,39)/t16-,18-,23-,30-/m0/s1. The Morgan fingerprint density at radius 3 is 2.40 bits per heavy atom. The van der Waals surface area contributed by atoms with Gasteiger partial charge in [-0.15, -0.1) is 0 Å².